The number of hydrogen-bond donors (Lipinski definition) is 1. The summed E-state index contributed by atoms with van der Waals surface area (Å²) >= 11 is 0. The van der Waals surface area contributed by atoms with E-state index in [0.29, 0.717) is 18.9 Å². The van der Waals surface area contributed by atoms with Crippen LogP contribution in [0.2, 0.25) is 0 Å². The van der Waals surface area contributed by atoms with Crippen molar-refractivity contribution in [3.8, 4) is 0 Å². The molecule has 1 aliphatic rings. The third kappa shape index (κ3) is 2.79. The predicted octanol–water partition coefficient (Wildman–Crippen LogP) is 2.60. The molecule has 1 fully saturated rings. The zero-order chi connectivity index (χ0) is 9.90. The van der Waals surface area contributed by atoms with Crippen LogP contribution in [-0.4, -0.2) is 17.0 Å². The highest BCUT2D eigenvalue weighted by Gasteiger charge is 2.35. The molecule has 0 unspecified atom stereocenters. The van der Waals surface area contributed by atoms with Gasteiger partial charge in [0.25, 0.3) is 5.92 Å². The van der Waals surface area contributed by atoms with Gasteiger partial charge in [-0.15, -0.1) is 0 Å². The van der Waals surface area contributed by atoms with Gasteiger partial charge < -0.3 is 5.11 Å². The number of halogens is 2. The SMILES string of the molecule is O=C(O)/C=C1\CCCCCC1(F)F. The van der Waals surface area contributed by atoms with Crippen LogP contribution in [0.25, 0.3) is 0 Å². The van der Waals surface area contributed by atoms with Crippen LogP contribution in [0.15, 0.2) is 11.6 Å². The molecule has 1 saturated carbocycles. The van der Waals surface area contributed by atoms with Crippen molar-refractivity contribution < 1.29 is 18.7 Å². The quantitative estimate of drug-likeness (QED) is 0.509. The summed E-state index contributed by atoms with van der Waals surface area (Å²) in [5.41, 5.74) is -0.225. The molecule has 0 saturated heterocycles. The maximum atomic E-state index is 13.2. The van der Waals surface area contributed by atoms with Crippen LogP contribution in [0.1, 0.15) is 32.1 Å². The van der Waals surface area contributed by atoms with Gasteiger partial charge in [0.15, 0.2) is 0 Å². The van der Waals surface area contributed by atoms with E-state index in [-0.39, 0.29) is 18.4 Å². The third-order valence-corrected chi connectivity index (χ3v) is 2.20. The smallest absolute Gasteiger partial charge is 0.328 e. The predicted molar refractivity (Wildman–Crippen MR) is 43.8 cm³/mol. The second-order valence-electron chi connectivity index (χ2n) is 3.27. The molecule has 0 spiro atoms. The fourth-order valence-electron chi connectivity index (χ4n) is 1.51. The maximum Gasteiger partial charge on any atom is 0.328 e. The zero-order valence-electron chi connectivity index (χ0n) is 7.22. The van der Waals surface area contributed by atoms with Gasteiger partial charge in [-0.3, -0.25) is 0 Å². The Kier molecular flexibility index (Phi) is 3.01. The van der Waals surface area contributed by atoms with Crippen LogP contribution < -0.4 is 0 Å². The molecule has 4 heteroatoms. The summed E-state index contributed by atoms with van der Waals surface area (Å²) in [6.07, 6.45) is 2.54. The first-order valence-electron chi connectivity index (χ1n) is 4.34. The molecule has 13 heavy (non-hydrogen) atoms. The van der Waals surface area contributed by atoms with Gasteiger partial charge in [0, 0.05) is 18.1 Å². The number of hydrogen-bond acceptors (Lipinski definition) is 1. The summed E-state index contributed by atoms with van der Waals surface area (Å²) in [6.45, 7) is 0. The average molecular weight is 190 g/mol. The average Bonchev–Trinajstić information content (AvgIpc) is 2.13. The molecule has 1 aliphatic carbocycles. The highest BCUT2D eigenvalue weighted by atomic mass is 19.3. The van der Waals surface area contributed by atoms with E-state index in [1.807, 2.05) is 0 Å². The number of carboxylic acid groups (broad SMARTS) is 1. The van der Waals surface area contributed by atoms with Gasteiger partial charge in [0.1, 0.15) is 0 Å². The molecule has 0 aromatic carbocycles. The standard InChI is InChI=1S/C9H12F2O2/c10-9(11)5-3-1-2-4-7(9)6-8(12)13/h6H,1-5H2,(H,12,13)/b7-6+. The van der Waals surface area contributed by atoms with Gasteiger partial charge in [-0.25, -0.2) is 13.6 Å². The second kappa shape index (κ2) is 3.85. The minimum atomic E-state index is -2.91. The molecule has 0 bridgehead atoms. The Labute approximate surface area is 75.3 Å². The minimum absolute atomic E-state index is 0.208. The van der Waals surface area contributed by atoms with E-state index in [2.05, 4.69) is 0 Å². The Morgan fingerprint density at radius 2 is 2.08 bits per heavy atom. The molecule has 0 aromatic heterocycles. The normalized spacial score (nSPS) is 25.5. The summed E-state index contributed by atoms with van der Waals surface area (Å²) in [6, 6.07) is 0. The number of alkyl halides is 2. The molecule has 0 aromatic rings. The van der Waals surface area contributed by atoms with Crippen molar-refractivity contribution >= 4 is 5.97 Å². The Hall–Kier alpha value is -0.930. The monoisotopic (exact) mass is 190 g/mol. The Morgan fingerprint density at radius 3 is 2.69 bits per heavy atom. The first kappa shape index (κ1) is 10.2. The molecule has 0 atom stereocenters. The van der Waals surface area contributed by atoms with Crippen LogP contribution in [0.3, 0.4) is 0 Å². The van der Waals surface area contributed by atoms with Crippen molar-refractivity contribution in [2.45, 2.75) is 38.0 Å². The molecule has 74 valence electrons. The third-order valence-electron chi connectivity index (χ3n) is 2.20. The Balaban J connectivity index is 2.83. The minimum Gasteiger partial charge on any atom is -0.478 e. The summed E-state index contributed by atoms with van der Waals surface area (Å²) in [7, 11) is 0. The van der Waals surface area contributed by atoms with Gasteiger partial charge in [0.2, 0.25) is 0 Å². The lowest BCUT2D eigenvalue weighted by Crippen LogP contribution is -2.18. The fraction of sp³-hybridized carbons (Fsp3) is 0.667. The molecular formula is C9H12F2O2. The largest absolute Gasteiger partial charge is 0.478 e. The second-order valence-corrected chi connectivity index (χ2v) is 3.27. The fourth-order valence-corrected chi connectivity index (χ4v) is 1.51. The number of rotatable bonds is 1. The molecular weight excluding hydrogens is 178 g/mol. The van der Waals surface area contributed by atoms with Gasteiger partial charge in [-0.05, 0) is 19.3 Å². The number of aliphatic carboxylic acids is 1. The summed E-state index contributed by atoms with van der Waals surface area (Å²) in [4.78, 5) is 10.3. The number of carboxylic acids is 1. The van der Waals surface area contributed by atoms with E-state index in [0.717, 1.165) is 6.42 Å². The lowest BCUT2D eigenvalue weighted by molar-refractivity contribution is -0.131. The van der Waals surface area contributed by atoms with Crippen molar-refractivity contribution in [2.75, 3.05) is 0 Å². The molecule has 0 aliphatic heterocycles. The zero-order valence-corrected chi connectivity index (χ0v) is 7.22. The maximum absolute atomic E-state index is 13.2. The summed E-state index contributed by atoms with van der Waals surface area (Å²) in [5.74, 6) is -4.19. The lowest BCUT2D eigenvalue weighted by Gasteiger charge is -2.15. The first-order valence-corrected chi connectivity index (χ1v) is 4.34. The van der Waals surface area contributed by atoms with E-state index in [1.54, 1.807) is 0 Å². The molecule has 1 rings (SSSR count). The Bertz CT molecular complexity index is 234. The van der Waals surface area contributed by atoms with Gasteiger partial charge in [0.05, 0.1) is 0 Å². The molecule has 0 amide bonds. The lowest BCUT2D eigenvalue weighted by atomic mass is 10.0. The van der Waals surface area contributed by atoms with Crippen molar-refractivity contribution in [2.24, 2.45) is 0 Å². The van der Waals surface area contributed by atoms with Crippen LogP contribution in [0.5, 0.6) is 0 Å². The van der Waals surface area contributed by atoms with Crippen molar-refractivity contribution in [1.82, 2.24) is 0 Å². The van der Waals surface area contributed by atoms with E-state index < -0.39 is 11.9 Å². The van der Waals surface area contributed by atoms with Crippen LogP contribution in [0, 0.1) is 0 Å². The van der Waals surface area contributed by atoms with Crippen LogP contribution in [-0.2, 0) is 4.79 Å². The van der Waals surface area contributed by atoms with E-state index >= 15 is 0 Å². The first-order chi connectivity index (χ1) is 6.02. The highest BCUT2D eigenvalue weighted by molar-refractivity contribution is 5.81. The molecule has 2 nitrogen and oxygen atoms in total. The van der Waals surface area contributed by atoms with E-state index in [4.69, 9.17) is 5.11 Å². The van der Waals surface area contributed by atoms with Crippen molar-refractivity contribution in [1.29, 1.82) is 0 Å². The molecule has 1 N–H and O–H groups in total. The van der Waals surface area contributed by atoms with Crippen LogP contribution in [0.4, 0.5) is 8.78 Å². The molecule has 0 heterocycles. The summed E-state index contributed by atoms with van der Waals surface area (Å²) < 4.78 is 26.3. The number of allylic oxidation sites excluding steroid dienone is 1. The van der Waals surface area contributed by atoms with E-state index in [1.165, 1.54) is 0 Å². The van der Waals surface area contributed by atoms with Gasteiger partial charge >= 0.3 is 5.97 Å². The van der Waals surface area contributed by atoms with E-state index in [9.17, 15) is 13.6 Å². The van der Waals surface area contributed by atoms with Crippen molar-refractivity contribution in [3.63, 3.8) is 0 Å². The van der Waals surface area contributed by atoms with Gasteiger partial charge in [-0.1, -0.05) is 6.42 Å². The van der Waals surface area contributed by atoms with Gasteiger partial charge in [-0.2, -0.15) is 0 Å². The van der Waals surface area contributed by atoms with Crippen LogP contribution >= 0.6 is 0 Å². The van der Waals surface area contributed by atoms with Crippen molar-refractivity contribution in [3.05, 3.63) is 11.6 Å². The number of carbonyl (C=O) groups is 1. The topological polar surface area (TPSA) is 37.3 Å². The Morgan fingerprint density at radius 1 is 1.38 bits per heavy atom. The molecule has 0 radical (unpaired) electrons. The highest BCUT2D eigenvalue weighted by Crippen LogP contribution is 2.36. The summed E-state index contributed by atoms with van der Waals surface area (Å²) in [5, 5.41) is 8.38.